The van der Waals surface area contributed by atoms with Crippen LogP contribution in [0.25, 0.3) is 0 Å². The van der Waals surface area contributed by atoms with Gasteiger partial charge in [0.1, 0.15) is 5.75 Å². The lowest BCUT2D eigenvalue weighted by atomic mass is 10.1. The molecule has 0 aliphatic carbocycles. The van der Waals surface area contributed by atoms with Crippen molar-refractivity contribution in [3.05, 3.63) is 23.8 Å². The number of nitrogens with one attached hydrogen (secondary N) is 1. The topological polar surface area (TPSA) is 41.6 Å². The van der Waals surface area contributed by atoms with Gasteiger partial charge in [-0.15, -0.1) is 0 Å². The van der Waals surface area contributed by atoms with Crippen molar-refractivity contribution in [2.24, 2.45) is 5.92 Å². The van der Waals surface area contributed by atoms with E-state index in [0.717, 1.165) is 30.1 Å². The molecule has 4 nitrogen and oxygen atoms in total. The predicted octanol–water partition coefficient (Wildman–Crippen LogP) is 1.96. The van der Waals surface area contributed by atoms with Crippen LogP contribution < -0.4 is 15.0 Å². The van der Waals surface area contributed by atoms with Crippen LogP contribution in [0.2, 0.25) is 0 Å². The van der Waals surface area contributed by atoms with Crippen LogP contribution in [-0.2, 0) is 4.79 Å². The molecule has 1 saturated heterocycles. The van der Waals surface area contributed by atoms with Gasteiger partial charge >= 0.3 is 0 Å². The highest BCUT2D eigenvalue weighted by atomic mass is 16.5. The van der Waals surface area contributed by atoms with E-state index in [4.69, 9.17) is 4.74 Å². The Labute approximate surface area is 114 Å². The minimum atomic E-state index is -0.157. The number of aryl methyl sites for hydroxylation is 1. The second-order valence-corrected chi connectivity index (χ2v) is 5.36. The zero-order valence-electron chi connectivity index (χ0n) is 12.1. The predicted molar refractivity (Wildman–Crippen MR) is 76.7 cm³/mol. The second-order valence-electron chi connectivity index (χ2n) is 5.36. The number of nitrogens with zero attached hydrogens (tertiary/aromatic N) is 1. The molecule has 1 aliphatic rings. The lowest BCUT2D eigenvalue weighted by molar-refractivity contribution is -0.119. The highest BCUT2D eigenvalue weighted by molar-refractivity contribution is 5.98. The first-order valence-electron chi connectivity index (χ1n) is 6.72. The fourth-order valence-electron chi connectivity index (χ4n) is 2.39. The number of hydrogen-bond donors (Lipinski definition) is 1. The molecule has 1 N–H and O–H groups in total. The van der Waals surface area contributed by atoms with Crippen molar-refractivity contribution < 1.29 is 9.53 Å². The van der Waals surface area contributed by atoms with E-state index >= 15 is 0 Å². The van der Waals surface area contributed by atoms with Crippen molar-refractivity contribution in [1.29, 1.82) is 0 Å². The largest absolute Gasteiger partial charge is 0.495 e. The van der Waals surface area contributed by atoms with Gasteiger partial charge in [0.25, 0.3) is 0 Å². The van der Waals surface area contributed by atoms with E-state index in [2.05, 4.69) is 12.2 Å². The maximum absolute atomic E-state index is 12.5. The number of hydrogen-bond acceptors (Lipinski definition) is 3. The smallest absolute Gasteiger partial charge is 0.243 e. The molecule has 0 saturated carbocycles. The van der Waals surface area contributed by atoms with Crippen LogP contribution >= 0.6 is 0 Å². The fourth-order valence-corrected chi connectivity index (χ4v) is 2.39. The zero-order chi connectivity index (χ0) is 14.0. The Kier molecular flexibility index (Phi) is 4.10. The van der Waals surface area contributed by atoms with Gasteiger partial charge < -0.3 is 15.0 Å². The summed E-state index contributed by atoms with van der Waals surface area (Å²) in [5.74, 6) is 1.27. The molecule has 2 atom stereocenters. The van der Waals surface area contributed by atoms with Crippen molar-refractivity contribution in [3.8, 4) is 5.75 Å². The van der Waals surface area contributed by atoms with E-state index in [1.165, 1.54) is 0 Å². The number of benzene rings is 1. The molecule has 1 aromatic rings. The van der Waals surface area contributed by atoms with Crippen LogP contribution in [0.15, 0.2) is 18.2 Å². The lowest BCUT2D eigenvalue weighted by Crippen LogP contribution is -2.42. The number of amides is 1. The Bertz CT molecular complexity index is 473. The van der Waals surface area contributed by atoms with E-state index in [0.29, 0.717) is 5.92 Å². The van der Waals surface area contributed by atoms with Crippen LogP contribution in [0.1, 0.15) is 19.4 Å². The maximum Gasteiger partial charge on any atom is 0.243 e. The number of ether oxygens (including phenoxy) is 1. The van der Waals surface area contributed by atoms with Crippen LogP contribution in [0.3, 0.4) is 0 Å². The molecule has 1 heterocycles. The molecule has 2 rings (SSSR count). The number of methoxy groups -OCH3 is 1. The third kappa shape index (κ3) is 2.89. The van der Waals surface area contributed by atoms with Crippen molar-refractivity contribution in [3.63, 3.8) is 0 Å². The van der Waals surface area contributed by atoms with Crippen molar-refractivity contribution in [2.45, 2.75) is 26.8 Å². The van der Waals surface area contributed by atoms with E-state index in [1.54, 1.807) is 7.11 Å². The Balaban J connectivity index is 2.42. The van der Waals surface area contributed by atoms with Crippen LogP contribution in [0.5, 0.6) is 5.75 Å². The summed E-state index contributed by atoms with van der Waals surface area (Å²) in [6.45, 7) is 7.66. The zero-order valence-corrected chi connectivity index (χ0v) is 12.1. The lowest BCUT2D eigenvalue weighted by Gasteiger charge is -2.26. The van der Waals surface area contributed by atoms with Gasteiger partial charge in [-0.3, -0.25) is 4.79 Å². The number of rotatable bonds is 2. The van der Waals surface area contributed by atoms with E-state index in [1.807, 2.05) is 36.9 Å². The third-order valence-corrected chi connectivity index (χ3v) is 3.53. The Morgan fingerprint density at radius 1 is 1.37 bits per heavy atom. The number of carbonyl (C=O) groups excluding carboxylic acids is 1. The molecule has 104 valence electrons. The van der Waals surface area contributed by atoms with Gasteiger partial charge in [-0.05, 0) is 37.5 Å². The average molecular weight is 262 g/mol. The Morgan fingerprint density at radius 2 is 2.11 bits per heavy atom. The molecular weight excluding hydrogens is 240 g/mol. The summed E-state index contributed by atoms with van der Waals surface area (Å²) in [6, 6.07) is 5.78. The molecule has 2 unspecified atom stereocenters. The molecular formula is C15H22N2O2. The molecule has 0 radical (unpaired) electrons. The van der Waals surface area contributed by atoms with Gasteiger partial charge in [0.2, 0.25) is 5.91 Å². The highest BCUT2D eigenvalue weighted by Gasteiger charge is 2.28. The summed E-state index contributed by atoms with van der Waals surface area (Å²) < 4.78 is 5.40. The second kappa shape index (κ2) is 5.61. The van der Waals surface area contributed by atoms with Crippen molar-refractivity contribution in [1.82, 2.24) is 5.32 Å². The minimum absolute atomic E-state index is 0.105. The standard InChI is InChI=1S/C15H22N2O2/c1-10-5-6-14(19-4)13(7-10)17-9-11(2)8-16-12(3)15(17)18/h5-7,11-12,16H,8-9H2,1-4H3. The van der Waals surface area contributed by atoms with Gasteiger partial charge in [-0.25, -0.2) is 0 Å². The fraction of sp³-hybridized carbons (Fsp3) is 0.533. The summed E-state index contributed by atoms with van der Waals surface area (Å²) in [5, 5.41) is 3.26. The first kappa shape index (κ1) is 13.9. The summed E-state index contributed by atoms with van der Waals surface area (Å²) in [5.41, 5.74) is 2.00. The van der Waals surface area contributed by atoms with Gasteiger partial charge in [-0.1, -0.05) is 13.0 Å². The van der Waals surface area contributed by atoms with Crippen LogP contribution in [0.4, 0.5) is 5.69 Å². The van der Waals surface area contributed by atoms with Crippen molar-refractivity contribution in [2.75, 3.05) is 25.1 Å². The SMILES string of the molecule is COc1ccc(C)cc1N1CC(C)CNC(C)C1=O. The van der Waals surface area contributed by atoms with E-state index < -0.39 is 0 Å². The van der Waals surface area contributed by atoms with E-state index in [-0.39, 0.29) is 11.9 Å². The summed E-state index contributed by atoms with van der Waals surface area (Å²) in [4.78, 5) is 14.3. The molecule has 0 aromatic heterocycles. The van der Waals surface area contributed by atoms with Gasteiger partial charge in [0.15, 0.2) is 0 Å². The summed E-state index contributed by atoms with van der Waals surface area (Å²) in [7, 11) is 1.64. The van der Waals surface area contributed by atoms with Gasteiger partial charge in [0.05, 0.1) is 18.8 Å². The monoisotopic (exact) mass is 262 g/mol. The summed E-state index contributed by atoms with van der Waals surface area (Å²) in [6.07, 6.45) is 0. The number of carbonyl (C=O) groups is 1. The summed E-state index contributed by atoms with van der Waals surface area (Å²) >= 11 is 0. The molecule has 0 bridgehead atoms. The number of anilines is 1. The molecule has 1 aromatic carbocycles. The Hall–Kier alpha value is -1.55. The molecule has 1 amide bonds. The van der Waals surface area contributed by atoms with Crippen LogP contribution in [0, 0.1) is 12.8 Å². The molecule has 4 heteroatoms. The highest BCUT2D eigenvalue weighted by Crippen LogP contribution is 2.31. The minimum Gasteiger partial charge on any atom is -0.495 e. The quantitative estimate of drug-likeness (QED) is 0.886. The first-order chi connectivity index (χ1) is 9.02. The van der Waals surface area contributed by atoms with E-state index in [9.17, 15) is 4.79 Å². The maximum atomic E-state index is 12.5. The molecule has 19 heavy (non-hydrogen) atoms. The normalized spacial score (nSPS) is 24.2. The van der Waals surface area contributed by atoms with Gasteiger partial charge in [-0.2, -0.15) is 0 Å². The van der Waals surface area contributed by atoms with Crippen LogP contribution in [-0.4, -0.2) is 32.1 Å². The average Bonchev–Trinajstić information content (AvgIpc) is 2.52. The molecule has 0 spiro atoms. The first-order valence-corrected chi connectivity index (χ1v) is 6.72. The Morgan fingerprint density at radius 3 is 2.79 bits per heavy atom. The van der Waals surface area contributed by atoms with Crippen molar-refractivity contribution >= 4 is 11.6 Å². The molecule has 1 fully saturated rings. The van der Waals surface area contributed by atoms with Gasteiger partial charge in [0, 0.05) is 13.1 Å². The molecule has 1 aliphatic heterocycles. The third-order valence-electron chi connectivity index (χ3n) is 3.53.